The van der Waals surface area contributed by atoms with Crippen LogP contribution in [0.15, 0.2) is 11.2 Å². The van der Waals surface area contributed by atoms with E-state index in [1.54, 1.807) is 6.92 Å². The van der Waals surface area contributed by atoms with Crippen LogP contribution in [0.5, 0.6) is 0 Å². The van der Waals surface area contributed by atoms with E-state index in [2.05, 4.69) is 15.4 Å². The van der Waals surface area contributed by atoms with Crippen molar-refractivity contribution < 1.29 is 8.42 Å². The van der Waals surface area contributed by atoms with Crippen molar-refractivity contribution in [2.24, 2.45) is 0 Å². The number of aromatic amines is 1. The molecule has 0 aliphatic carbocycles. The summed E-state index contributed by atoms with van der Waals surface area (Å²) in [5.74, 6) is 0. The molecule has 0 aliphatic rings. The van der Waals surface area contributed by atoms with Gasteiger partial charge < -0.3 is 0 Å². The molecule has 6 heteroatoms. The Bertz CT molecular complexity index is 330. The van der Waals surface area contributed by atoms with E-state index in [4.69, 9.17) is 0 Å². The summed E-state index contributed by atoms with van der Waals surface area (Å²) in [6, 6.07) is 0. The van der Waals surface area contributed by atoms with Gasteiger partial charge >= 0.3 is 0 Å². The molecule has 0 radical (unpaired) electrons. The molecular weight excluding hydrogens is 178 g/mol. The number of H-pyrrole nitrogens is 1. The van der Waals surface area contributed by atoms with Crippen LogP contribution in [0.1, 0.15) is 20.3 Å². The normalized spacial score (nSPS) is 14.5. The number of hydrogen-bond donors (Lipinski definition) is 1. The summed E-state index contributed by atoms with van der Waals surface area (Å²) in [7, 11) is -3.25. The van der Waals surface area contributed by atoms with E-state index in [1.165, 1.54) is 6.20 Å². The van der Waals surface area contributed by atoms with Gasteiger partial charge in [-0.15, -0.1) is 5.10 Å². The molecule has 1 heterocycles. The molecule has 0 aliphatic heterocycles. The molecular formula is C6H11N3O2S. The van der Waals surface area contributed by atoms with Crippen molar-refractivity contribution in [3.05, 3.63) is 6.20 Å². The molecule has 0 saturated carbocycles. The first kappa shape index (κ1) is 9.18. The average Bonchev–Trinajstić information content (AvgIpc) is 2.55. The maximum absolute atomic E-state index is 11.5. The topological polar surface area (TPSA) is 75.7 Å². The summed E-state index contributed by atoms with van der Waals surface area (Å²) < 4.78 is 23.0. The molecule has 0 saturated heterocycles. The van der Waals surface area contributed by atoms with Crippen molar-refractivity contribution in [2.75, 3.05) is 0 Å². The zero-order valence-corrected chi connectivity index (χ0v) is 7.80. The highest BCUT2D eigenvalue weighted by atomic mass is 32.2. The Hall–Kier alpha value is -0.910. The quantitative estimate of drug-likeness (QED) is 0.745. The summed E-state index contributed by atoms with van der Waals surface area (Å²) in [5.41, 5.74) is 0. The minimum absolute atomic E-state index is 0.0249. The van der Waals surface area contributed by atoms with Crippen LogP contribution in [-0.4, -0.2) is 29.1 Å². The Labute approximate surface area is 71.1 Å². The van der Waals surface area contributed by atoms with Crippen LogP contribution in [0, 0.1) is 0 Å². The van der Waals surface area contributed by atoms with Crippen molar-refractivity contribution in [2.45, 2.75) is 30.5 Å². The third kappa shape index (κ3) is 1.47. The second kappa shape index (κ2) is 3.22. The third-order valence-corrected chi connectivity index (χ3v) is 3.96. The van der Waals surface area contributed by atoms with Crippen LogP contribution >= 0.6 is 0 Å². The van der Waals surface area contributed by atoms with Gasteiger partial charge in [0.2, 0.25) is 9.84 Å². The average molecular weight is 189 g/mol. The number of hydrogen-bond acceptors (Lipinski definition) is 4. The minimum atomic E-state index is -3.25. The Morgan fingerprint density at radius 3 is 2.75 bits per heavy atom. The molecule has 5 nitrogen and oxygen atoms in total. The van der Waals surface area contributed by atoms with E-state index < -0.39 is 15.1 Å². The number of nitrogens with one attached hydrogen (secondary N) is 1. The maximum Gasteiger partial charge on any atom is 0.201 e. The lowest BCUT2D eigenvalue weighted by atomic mass is 10.4. The Kier molecular flexibility index (Phi) is 2.46. The third-order valence-electron chi connectivity index (χ3n) is 1.79. The fourth-order valence-electron chi connectivity index (χ4n) is 0.754. The van der Waals surface area contributed by atoms with Gasteiger partial charge in [-0.3, -0.25) is 0 Å². The number of aromatic nitrogens is 3. The van der Waals surface area contributed by atoms with Crippen LogP contribution < -0.4 is 0 Å². The van der Waals surface area contributed by atoms with Crippen LogP contribution in [-0.2, 0) is 9.84 Å². The van der Waals surface area contributed by atoms with Crippen LogP contribution in [0.2, 0.25) is 0 Å². The van der Waals surface area contributed by atoms with E-state index in [0.29, 0.717) is 6.42 Å². The highest BCUT2D eigenvalue weighted by Crippen LogP contribution is 2.13. The van der Waals surface area contributed by atoms with Gasteiger partial charge in [0, 0.05) is 0 Å². The first-order valence-corrected chi connectivity index (χ1v) is 5.23. The molecule has 0 amide bonds. The van der Waals surface area contributed by atoms with Crippen molar-refractivity contribution in [3.8, 4) is 0 Å². The fourth-order valence-corrected chi connectivity index (χ4v) is 1.97. The maximum atomic E-state index is 11.5. The van der Waals surface area contributed by atoms with Crippen molar-refractivity contribution >= 4 is 9.84 Å². The van der Waals surface area contributed by atoms with E-state index in [1.807, 2.05) is 6.92 Å². The molecule has 12 heavy (non-hydrogen) atoms. The van der Waals surface area contributed by atoms with E-state index in [0.717, 1.165) is 0 Å². The van der Waals surface area contributed by atoms with E-state index in [-0.39, 0.29) is 5.03 Å². The summed E-state index contributed by atoms with van der Waals surface area (Å²) in [4.78, 5) is 0. The zero-order valence-electron chi connectivity index (χ0n) is 6.98. The Balaban J connectivity index is 3.03. The van der Waals surface area contributed by atoms with Crippen LogP contribution in [0.4, 0.5) is 0 Å². The molecule has 68 valence electrons. The highest BCUT2D eigenvalue weighted by Gasteiger charge is 2.23. The first-order valence-electron chi connectivity index (χ1n) is 3.68. The predicted octanol–water partition coefficient (Wildman–Crippen LogP) is 0.377. The molecule has 0 aromatic carbocycles. The van der Waals surface area contributed by atoms with Gasteiger partial charge in [-0.05, 0) is 13.3 Å². The standard InChI is InChI=1S/C6H11N3O2S/c1-3-5(2)12(10,11)6-4-7-9-8-6/h4-5H,3H2,1-2H3,(H,7,8,9). The molecule has 0 bridgehead atoms. The van der Waals surface area contributed by atoms with Crippen molar-refractivity contribution in [1.82, 2.24) is 15.4 Å². The molecule has 1 atom stereocenters. The number of rotatable bonds is 3. The lowest BCUT2D eigenvalue weighted by Crippen LogP contribution is -2.17. The Morgan fingerprint density at radius 1 is 1.67 bits per heavy atom. The van der Waals surface area contributed by atoms with Gasteiger partial charge in [-0.25, -0.2) is 8.42 Å². The van der Waals surface area contributed by atoms with Gasteiger partial charge in [0.05, 0.1) is 11.4 Å². The summed E-state index contributed by atoms with van der Waals surface area (Å²) in [5, 5.41) is 8.88. The SMILES string of the molecule is CCC(C)S(=O)(=O)c1cn[nH]n1. The predicted molar refractivity (Wildman–Crippen MR) is 43.3 cm³/mol. The smallest absolute Gasteiger partial charge is 0.201 e. The number of nitrogens with zero attached hydrogens (tertiary/aromatic N) is 2. The van der Waals surface area contributed by atoms with E-state index >= 15 is 0 Å². The second-order valence-electron chi connectivity index (χ2n) is 2.57. The lowest BCUT2D eigenvalue weighted by molar-refractivity contribution is 0.576. The molecule has 0 fully saturated rings. The summed E-state index contributed by atoms with van der Waals surface area (Å²) in [6.07, 6.45) is 1.80. The lowest BCUT2D eigenvalue weighted by Gasteiger charge is -2.05. The molecule has 1 rings (SSSR count). The van der Waals surface area contributed by atoms with Gasteiger partial charge in [-0.1, -0.05) is 6.92 Å². The molecule has 1 aromatic heterocycles. The molecule has 1 aromatic rings. The fraction of sp³-hybridized carbons (Fsp3) is 0.667. The highest BCUT2D eigenvalue weighted by molar-refractivity contribution is 7.91. The summed E-state index contributed by atoms with van der Waals surface area (Å²) in [6.45, 7) is 3.48. The number of sulfone groups is 1. The molecule has 0 spiro atoms. The van der Waals surface area contributed by atoms with Gasteiger partial charge in [0.1, 0.15) is 0 Å². The van der Waals surface area contributed by atoms with Crippen molar-refractivity contribution in [3.63, 3.8) is 0 Å². The van der Waals surface area contributed by atoms with Gasteiger partial charge in [0.25, 0.3) is 0 Å². The van der Waals surface area contributed by atoms with Gasteiger partial charge in [0.15, 0.2) is 5.03 Å². The minimum Gasteiger partial charge on any atom is -0.222 e. The Morgan fingerprint density at radius 2 is 2.33 bits per heavy atom. The largest absolute Gasteiger partial charge is 0.222 e. The van der Waals surface area contributed by atoms with Crippen molar-refractivity contribution in [1.29, 1.82) is 0 Å². The van der Waals surface area contributed by atoms with Crippen LogP contribution in [0.25, 0.3) is 0 Å². The molecule has 1 N–H and O–H groups in total. The van der Waals surface area contributed by atoms with Crippen LogP contribution in [0.3, 0.4) is 0 Å². The molecule has 1 unspecified atom stereocenters. The first-order chi connectivity index (χ1) is 5.59. The monoisotopic (exact) mass is 189 g/mol. The van der Waals surface area contributed by atoms with E-state index in [9.17, 15) is 8.42 Å². The summed E-state index contributed by atoms with van der Waals surface area (Å²) >= 11 is 0. The second-order valence-corrected chi connectivity index (χ2v) is 4.89. The van der Waals surface area contributed by atoms with Gasteiger partial charge in [-0.2, -0.15) is 10.3 Å². The zero-order chi connectivity index (χ0) is 9.19.